The predicted molar refractivity (Wildman–Crippen MR) is 106 cm³/mol. The molecule has 3 rings (SSSR count). The number of hydrogen-bond donors (Lipinski definition) is 1. The molecule has 2 aromatic rings. The third kappa shape index (κ3) is 3.85. The van der Waals surface area contributed by atoms with Crippen LogP contribution in [0.1, 0.15) is 5.56 Å². The summed E-state index contributed by atoms with van der Waals surface area (Å²) in [5.41, 5.74) is 0.496. The average Bonchev–Trinajstić information content (AvgIpc) is 2.58. The van der Waals surface area contributed by atoms with Crippen LogP contribution in [-0.4, -0.2) is 25.0 Å². The highest BCUT2D eigenvalue weighted by atomic mass is 79.9. The van der Waals surface area contributed by atoms with Gasteiger partial charge in [-0.25, -0.2) is 9.69 Å². The van der Waals surface area contributed by atoms with Gasteiger partial charge in [-0.3, -0.25) is 14.9 Å². The van der Waals surface area contributed by atoms with Crippen LogP contribution < -0.4 is 15.0 Å². The highest BCUT2D eigenvalue weighted by molar-refractivity contribution is 9.10. The van der Waals surface area contributed by atoms with Crippen LogP contribution >= 0.6 is 39.1 Å². The van der Waals surface area contributed by atoms with Gasteiger partial charge in [-0.2, -0.15) is 0 Å². The van der Waals surface area contributed by atoms with Crippen molar-refractivity contribution in [2.24, 2.45) is 0 Å². The molecular formula is C18H11BrCl2N2O4. The smallest absolute Gasteiger partial charge is 0.335 e. The number of methoxy groups -OCH3 is 1. The first-order valence-electron chi connectivity index (χ1n) is 7.52. The van der Waals surface area contributed by atoms with Gasteiger partial charge in [-0.05, 0) is 42.0 Å². The fourth-order valence-corrected chi connectivity index (χ4v) is 3.58. The number of urea groups is 1. The van der Waals surface area contributed by atoms with E-state index in [2.05, 4.69) is 21.2 Å². The van der Waals surface area contributed by atoms with Gasteiger partial charge in [0.1, 0.15) is 5.57 Å². The molecule has 138 valence electrons. The molecule has 0 aromatic heterocycles. The van der Waals surface area contributed by atoms with Gasteiger partial charge in [-0.15, -0.1) is 0 Å². The molecule has 1 aliphatic rings. The van der Waals surface area contributed by atoms with Crippen molar-refractivity contribution in [1.82, 2.24) is 5.32 Å². The number of anilines is 1. The van der Waals surface area contributed by atoms with Crippen LogP contribution in [0.2, 0.25) is 10.0 Å². The monoisotopic (exact) mass is 468 g/mol. The zero-order valence-corrected chi connectivity index (χ0v) is 16.9. The molecule has 2 aromatic carbocycles. The Morgan fingerprint density at radius 1 is 1.11 bits per heavy atom. The second kappa shape index (κ2) is 7.72. The van der Waals surface area contributed by atoms with E-state index in [1.807, 2.05) is 0 Å². The number of nitrogens with zero attached hydrogens (tertiary/aromatic N) is 1. The Kier molecular flexibility index (Phi) is 5.55. The molecule has 1 fully saturated rings. The van der Waals surface area contributed by atoms with E-state index in [1.165, 1.54) is 25.3 Å². The lowest BCUT2D eigenvalue weighted by atomic mass is 10.1. The molecule has 0 spiro atoms. The van der Waals surface area contributed by atoms with Crippen molar-refractivity contribution < 1.29 is 19.1 Å². The Hall–Kier alpha value is -2.35. The summed E-state index contributed by atoms with van der Waals surface area (Å²) < 4.78 is 5.75. The van der Waals surface area contributed by atoms with Crippen molar-refractivity contribution in [3.8, 4) is 5.75 Å². The Bertz CT molecular complexity index is 984. The lowest BCUT2D eigenvalue weighted by Gasteiger charge is -2.26. The van der Waals surface area contributed by atoms with Gasteiger partial charge in [0, 0.05) is 4.47 Å². The topological polar surface area (TPSA) is 75.7 Å². The van der Waals surface area contributed by atoms with Crippen molar-refractivity contribution in [2.45, 2.75) is 0 Å². The maximum Gasteiger partial charge on any atom is 0.335 e. The fourth-order valence-electron chi connectivity index (χ4n) is 2.53. The number of nitrogens with one attached hydrogen (secondary N) is 1. The normalized spacial score (nSPS) is 15.9. The van der Waals surface area contributed by atoms with E-state index < -0.39 is 17.8 Å². The molecule has 0 bridgehead atoms. The number of ether oxygens (including phenoxy) is 1. The number of imide groups is 2. The number of barbiturate groups is 1. The summed E-state index contributed by atoms with van der Waals surface area (Å²) >= 11 is 15.5. The summed E-state index contributed by atoms with van der Waals surface area (Å²) in [6.45, 7) is 0. The van der Waals surface area contributed by atoms with Gasteiger partial charge in [0.2, 0.25) is 0 Å². The van der Waals surface area contributed by atoms with Crippen molar-refractivity contribution in [2.75, 3.05) is 12.0 Å². The average molecular weight is 470 g/mol. The summed E-state index contributed by atoms with van der Waals surface area (Å²) in [6, 6.07) is 8.76. The third-order valence-electron chi connectivity index (χ3n) is 3.70. The predicted octanol–water partition coefficient (Wildman–Crippen LogP) is 4.43. The van der Waals surface area contributed by atoms with E-state index >= 15 is 0 Å². The summed E-state index contributed by atoms with van der Waals surface area (Å²) in [5, 5.41) is 2.60. The molecule has 0 aliphatic carbocycles. The molecule has 1 N–H and O–H groups in total. The Morgan fingerprint density at radius 3 is 2.37 bits per heavy atom. The van der Waals surface area contributed by atoms with Crippen LogP contribution in [0.25, 0.3) is 6.08 Å². The van der Waals surface area contributed by atoms with Crippen molar-refractivity contribution in [1.29, 1.82) is 0 Å². The minimum Gasteiger partial charge on any atom is -0.494 e. The summed E-state index contributed by atoms with van der Waals surface area (Å²) in [5.74, 6) is -1.28. The molecule has 0 atom stereocenters. The Balaban J connectivity index is 2.04. The van der Waals surface area contributed by atoms with Crippen LogP contribution in [0.3, 0.4) is 0 Å². The maximum absolute atomic E-state index is 12.8. The van der Waals surface area contributed by atoms with Crippen molar-refractivity contribution in [3.63, 3.8) is 0 Å². The van der Waals surface area contributed by atoms with Gasteiger partial charge in [0.15, 0.2) is 5.75 Å². The molecular weight excluding hydrogens is 459 g/mol. The van der Waals surface area contributed by atoms with Crippen LogP contribution in [0.15, 0.2) is 46.4 Å². The Labute approximate surface area is 172 Å². The standard InChI is InChI=1S/C18H11BrCl2N2O4/c1-27-15-13(20)6-9(7-14(15)21)5-12-16(24)22-18(26)23(17(12)25)11-4-2-3-10(19)8-11/h2-8H,1H3,(H,22,24,26). The molecule has 27 heavy (non-hydrogen) atoms. The van der Waals surface area contributed by atoms with Gasteiger partial charge in [-0.1, -0.05) is 45.2 Å². The number of carbonyl (C=O) groups is 3. The SMILES string of the molecule is COc1c(Cl)cc(C=C2C(=O)NC(=O)N(c3cccc(Br)c3)C2=O)cc1Cl. The molecule has 9 heteroatoms. The number of benzene rings is 2. The van der Waals surface area contributed by atoms with Crippen LogP contribution in [0.4, 0.5) is 10.5 Å². The lowest BCUT2D eigenvalue weighted by molar-refractivity contribution is -0.122. The number of carbonyl (C=O) groups excluding carboxylic acids is 3. The number of hydrogen-bond acceptors (Lipinski definition) is 4. The highest BCUT2D eigenvalue weighted by Gasteiger charge is 2.36. The van der Waals surface area contributed by atoms with Gasteiger partial charge < -0.3 is 4.74 Å². The van der Waals surface area contributed by atoms with Crippen LogP contribution in [-0.2, 0) is 9.59 Å². The molecule has 0 saturated carbocycles. The summed E-state index contributed by atoms with van der Waals surface area (Å²) in [6.07, 6.45) is 1.31. The van der Waals surface area contributed by atoms with Crippen molar-refractivity contribution in [3.05, 3.63) is 62.1 Å². The van der Waals surface area contributed by atoms with Gasteiger partial charge >= 0.3 is 6.03 Å². The largest absolute Gasteiger partial charge is 0.494 e. The molecule has 1 aliphatic heterocycles. The molecule has 6 nitrogen and oxygen atoms in total. The number of halogens is 3. The van der Waals surface area contributed by atoms with E-state index in [9.17, 15) is 14.4 Å². The second-order valence-electron chi connectivity index (χ2n) is 5.46. The van der Waals surface area contributed by atoms with Gasteiger partial charge in [0.25, 0.3) is 11.8 Å². The minimum absolute atomic E-state index is 0.223. The summed E-state index contributed by atoms with van der Waals surface area (Å²) in [7, 11) is 1.42. The first-order chi connectivity index (χ1) is 12.8. The molecule has 1 heterocycles. The van der Waals surface area contributed by atoms with Crippen LogP contribution in [0.5, 0.6) is 5.75 Å². The molecule has 4 amide bonds. The van der Waals surface area contributed by atoms with E-state index in [0.29, 0.717) is 15.7 Å². The van der Waals surface area contributed by atoms with Crippen LogP contribution in [0, 0.1) is 0 Å². The Morgan fingerprint density at radius 2 is 1.78 bits per heavy atom. The van der Waals surface area contributed by atoms with E-state index in [0.717, 1.165) is 4.90 Å². The third-order valence-corrected chi connectivity index (χ3v) is 4.76. The van der Waals surface area contributed by atoms with E-state index in [1.54, 1.807) is 24.3 Å². The lowest BCUT2D eigenvalue weighted by Crippen LogP contribution is -2.54. The second-order valence-corrected chi connectivity index (χ2v) is 7.19. The highest BCUT2D eigenvalue weighted by Crippen LogP contribution is 2.35. The first kappa shape index (κ1) is 19.4. The molecule has 1 saturated heterocycles. The fraction of sp³-hybridized carbons (Fsp3) is 0.0556. The molecule has 0 unspecified atom stereocenters. The van der Waals surface area contributed by atoms with E-state index in [-0.39, 0.29) is 21.4 Å². The first-order valence-corrected chi connectivity index (χ1v) is 9.06. The quantitative estimate of drug-likeness (QED) is 0.532. The van der Waals surface area contributed by atoms with Crippen molar-refractivity contribution >= 4 is 68.7 Å². The number of amides is 4. The maximum atomic E-state index is 12.8. The number of rotatable bonds is 3. The molecule has 0 radical (unpaired) electrons. The zero-order chi connectivity index (χ0) is 19.7. The summed E-state index contributed by atoms with van der Waals surface area (Å²) in [4.78, 5) is 38.1. The minimum atomic E-state index is -0.828. The zero-order valence-electron chi connectivity index (χ0n) is 13.8. The van der Waals surface area contributed by atoms with E-state index in [4.69, 9.17) is 27.9 Å². The van der Waals surface area contributed by atoms with Gasteiger partial charge in [0.05, 0.1) is 22.8 Å².